The van der Waals surface area contributed by atoms with Gasteiger partial charge in [-0.1, -0.05) is 0 Å². The van der Waals surface area contributed by atoms with Gasteiger partial charge in [-0.15, -0.1) is 0 Å². The van der Waals surface area contributed by atoms with E-state index in [1.165, 1.54) is 0 Å². The Kier molecular flexibility index (Phi) is 3.17. The fourth-order valence-electron chi connectivity index (χ4n) is 1.18. The minimum absolute atomic E-state index is 0.0695. The zero-order valence-corrected chi connectivity index (χ0v) is 8.57. The fourth-order valence-corrected chi connectivity index (χ4v) is 1.18. The predicted molar refractivity (Wildman–Crippen MR) is 52.8 cm³/mol. The molecule has 2 rings (SSSR count). The van der Waals surface area contributed by atoms with Crippen LogP contribution in [0.1, 0.15) is 0 Å². The number of carbonyl (C=O) groups is 1. The van der Waals surface area contributed by atoms with Crippen LogP contribution in [0.25, 0.3) is 0 Å². The molecule has 0 aliphatic carbocycles. The maximum Gasteiger partial charge on any atom is 0.294 e. The Morgan fingerprint density at radius 1 is 1.35 bits per heavy atom. The number of aromatic nitrogens is 1. The second-order valence-corrected chi connectivity index (χ2v) is 3.13. The minimum atomic E-state index is -1.10. The summed E-state index contributed by atoms with van der Waals surface area (Å²) in [6, 6.07) is 2.01. The van der Waals surface area contributed by atoms with Gasteiger partial charge in [-0.2, -0.15) is 13.8 Å². The van der Waals surface area contributed by atoms with Gasteiger partial charge in [0.15, 0.2) is 0 Å². The van der Waals surface area contributed by atoms with Crippen molar-refractivity contribution in [3.8, 4) is 0 Å². The first-order valence-electron chi connectivity index (χ1n) is 4.75. The molecule has 2 heterocycles. The van der Waals surface area contributed by atoms with Crippen LogP contribution in [0.5, 0.6) is 0 Å². The first-order chi connectivity index (χ1) is 8.16. The van der Waals surface area contributed by atoms with Gasteiger partial charge < -0.3 is 14.8 Å². The number of anilines is 1. The minimum Gasteiger partial charge on any atom is -0.494 e. The van der Waals surface area contributed by atoms with Crippen molar-refractivity contribution in [1.82, 2.24) is 4.98 Å². The predicted octanol–water partition coefficient (Wildman–Crippen LogP) is 1.19. The molecule has 0 unspecified atom stereocenters. The van der Waals surface area contributed by atoms with Gasteiger partial charge in [-0.25, -0.2) is 0 Å². The summed E-state index contributed by atoms with van der Waals surface area (Å²) in [6.07, 6.45) is 1.13. The highest BCUT2D eigenvalue weighted by Gasteiger charge is 2.17. The Balaban J connectivity index is 2.10. The summed E-state index contributed by atoms with van der Waals surface area (Å²) in [5.41, 5.74) is -0.230. The lowest BCUT2D eigenvalue weighted by atomic mass is 10.4. The van der Waals surface area contributed by atoms with Gasteiger partial charge in [0.25, 0.3) is 5.91 Å². The number of pyridine rings is 1. The number of halogens is 2. The molecular formula is C10H8F2N2O3. The number of carbonyl (C=O) groups excluding carboxylic acids is 1. The van der Waals surface area contributed by atoms with Crippen molar-refractivity contribution in [3.63, 3.8) is 0 Å². The van der Waals surface area contributed by atoms with Gasteiger partial charge in [-0.05, 0) is 12.1 Å². The molecule has 7 heteroatoms. The molecule has 1 aliphatic heterocycles. The van der Waals surface area contributed by atoms with Gasteiger partial charge in [0.1, 0.15) is 19.5 Å². The molecule has 0 saturated heterocycles. The molecular weight excluding hydrogens is 234 g/mol. The number of nitrogens with zero attached hydrogens (tertiary/aromatic N) is 1. The van der Waals surface area contributed by atoms with E-state index in [9.17, 15) is 13.6 Å². The monoisotopic (exact) mass is 242 g/mol. The molecule has 0 atom stereocenters. The van der Waals surface area contributed by atoms with Crippen molar-refractivity contribution in [2.24, 2.45) is 0 Å². The summed E-state index contributed by atoms with van der Waals surface area (Å²) < 4.78 is 35.5. The Morgan fingerprint density at radius 3 is 2.82 bits per heavy atom. The standard InChI is InChI=1S/C10H8F2N2O3/c11-8-2-1-6(9(12)14-8)13-10(15)7-5-16-3-4-17-7/h1-2,5H,3-4H2,(H,13,15). The fraction of sp³-hybridized carbons (Fsp3) is 0.200. The molecule has 0 fully saturated rings. The highest BCUT2D eigenvalue weighted by Crippen LogP contribution is 2.14. The van der Waals surface area contributed by atoms with E-state index in [4.69, 9.17) is 9.47 Å². The van der Waals surface area contributed by atoms with Crippen LogP contribution in [0.4, 0.5) is 14.5 Å². The summed E-state index contributed by atoms with van der Waals surface area (Å²) in [4.78, 5) is 14.5. The molecule has 17 heavy (non-hydrogen) atoms. The smallest absolute Gasteiger partial charge is 0.294 e. The van der Waals surface area contributed by atoms with Gasteiger partial charge in [-0.3, -0.25) is 4.79 Å². The zero-order chi connectivity index (χ0) is 12.3. The number of ether oxygens (including phenoxy) is 2. The van der Waals surface area contributed by atoms with Gasteiger partial charge in [0, 0.05) is 0 Å². The molecule has 90 valence electrons. The Bertz CT molecular complexity index is 477. The van der Waals surface area contributed by atoms with Crippen LogP contribution in [-0.4, -0.2) is 24.1 Å². The summed E-state index contributed by atoms with van der Waals surface area (Å²) in [5, 5.41) is 2.19. The molecule has 0 spiro atoms. The first kappa shape index (κ1) is 11.3. The molecule has 0 bridgehead atoms. The van der Waals surface area contributed by atoms with Crippen molar-refractivity contribution < 1.29 is 23.0 Å². The molecule has 1 amide bonds. The largest absolute Gasteiger partial charge is 0.494 e. The average Bonchev–Trinajstić information content (AvgIpc) is 2.34. The highest BCUT2D eigenvalue weighted by atomic mass is 19.1. The van der Waals surface area contributed by atoms with Crippen LogP contribution in [-0.2, 0) is 14.3 Å². The number of nitrogens with one attached hydrogen (secondary N) is 1. The van der Waals surface area contributed by atoms with Crippen LogP contribution in [0, 0.1) is 11.9 Å². The maximum absolute atomic E-state index is 13.1. The Labute approximate surface area is 95.0 Å². The van der Waals surface area contributed by atoms with Crippen molar-refractivity contribution in [1.29, 1.82) is 0 Å². The lowest BCUT2D eigenvalue weighted by Gasteiger charge is -2.14. The van der Waals surface area contributed by atoms with Crippen LogP contribution in [0.2, 0.25) is 0 Å². The lowest BCUT2D eigenvalue weighted by molar-refractivity contribution is -0.117. The Morgan fingerprint density at radius 2 is 2.18 bits per heavy atom. The summed E-state index contributed by atoms with van der Waals surface area (Å²) in [6.45, 7) is 0.590. The van der Waals surface area contributed by atoms with Crippen LogP contribution >= 0.6 is 0 Å². The van der Waals surface area contributed by atoms with Crippen molar-refractivity contribution in [2.75, 3.05) is 18.5 Å². The van der Waals surface area contributed by atoms with Crippen molar-refractivity contribution in [2.45, 2.75) is 0 Å². The molecule has 5 nitrogen and oxygen atoms in total. The third-order valence-electron chi connectivity index (χ3n) is 1.94. The quantitative estimate of drug-likeness (QED) is 0.791. The highest BCUT2D eigenvalue weighted by molar-refractivity contribution is 6.02. The number of amides is 1. The summed E-state index contributed by atoms with van der Waals surface area (Å²) in [5.74, 6) is -2.82. The molecule has 0 aromatic carbocycles. The van der Waals surface area contributed by atoms with Crippen molar-refractivity contribution in [3.05, 3.63) is 36.0 Å². The second kappa shape index (κ2) is 4.77. The third-order valence-corrected chi connectivity index (χ3v) is 1.94. The lowest BCUT2D eigenvalue weighted by Crippen LogP contribution is -2.21. The molecule has 1 aromatic rings. The molecule has 1 N–H and O–H groups in total. The molecule has 0 saturated carbocycles. The summed E-state index contributed by atoms with van der Waals surface area (Å²) in [7, 11) is 0. The van der Waals surface area contributed by atoms with E-state index in [-0.39, 0.29) is 18.1 Å². The normalized spacial score (nSPS) is 14.4. The van der Waals surface area contributed by atoms with E-state index < -0.39 is 17.8 Å². The molecule has 0 radical (unpaired) electrons. The molecule has 1 aliphatic rings. The topological polar surface area (TPSA) is 60.5 Å². The van der Waals surface area contributed by atoms with Gasteiger partial charge in [0.2, 0.25) is 17.7 Å². The van der Waals surface area contributed by atoms with Crippen molar-refractivity contribution >= 4 is 11.6 Å². The average molecular weight is 242 g/mol. The number of hydrogen-bond acceptors (Lipinski definition) is 4. The van der Waals surface area contributed by atoms with Gasteiger partial charge >= 0.3 is 0 Å². The van der Waals surface area contributed by atoms with E-state index in [0.29, 0.717) is 6.61 Å². The van der Waals surface area contributed by atoms with Crippen LogP contribution < -0.4 is 5.32 Å². The second-order valence-electron chi connectivity index (χ2n) is 3.13. The zero-order valence-electron chi connectivity index (χ0n) is 8.57. The van der Waals surface area contributed by atoms with E-state index in [0.717, 1.165) is 18.4 Å². The molecule has 1 aromatic heterocycles. The number of rotatable bonds is 2. The van der Waals surface area contributed by atoms with E-state index in [1.54, 1.807) is 0 Å². The first-order valence-corrected chi connectivity index (χ1v) is 4.75. The van der Waals surface area contributed by atoms with E-state index in [2.05, 4.69) is 10.3 Å². The van der Waals surface area contributed by atoms with E-state index >= 15 is 0 Å². The van der Waals surface area contributed by atoms with Gasteiger partial charge in [0.05, 0.1) is 5.69 Å². The van der Waals surface area contributed by atoms with Crippen LogP contribution in [0.15, 0.2) is 24.2 Å². The van der Waals surface area contributed by atoms with Crippen LogP contribution in [0.3, 0.4) is 0 Å². The van der Waals surface area contributed by atoms with E-state index in [1.807, 2.05) is 0 Å². The number of hydrogen-bond donors (Lipinski definition) is 1. The maximum atomic E-state index is 13.1. The SMILES string of the molecule is O=C(Nc1ccc(F)nc1F)C1=COCCO1. The Hall–Kier alpha value is -2.18. The third kappa shape index (κ3) is 2.68. The summed E-state index contributed by atoms with van der Waals surface area (Å²) >= 11 is 0.